The number of aromatic nitrogens is 1. The number of likely N-dealkylation sites (N-methyl/N-ethyl adjacent to an activating group) is 1. The molecule has 0 aliphatic carbocycles. The van der Waals surface area contributed by atoms with Crippen LogP contribution in [0.5, 0.6) is 5.75 Å². The Morgan fingerprint density at radius 3 is 2.54 bits per heavy atom. The summed E-state index contributed by atoms with van der Waals surface area (Å²) in [5, 5.41) is 12.0. The zero-order valence-electron chi connectivity index (χ0n) is 19.6. The molecule has 1 aromatic carbocycles. The number of pyridine rings is 1. The third-order valence-electron chi connectivity index (χ3n) is 5.61. The third-order valence-corrected chi connectivity index (χ3v) is 5.61. The molecule has 10 nitrogen and oxygen atoms in total. The van der Waals surface area contributed by atoms with Gasteiger partial charge in [-0.25, -0.2) is 8.78 Å². The maximum absolute atomic E-state index is 13.9. The molecule has 0 bridgehead atoms. The first-order valence-electron chi connectivity index (χ1n) is 10.7. The molecule has 1 aromatic heterocycles. The van der Waals surface area contributed by atoms with Crippen molar-refractivity contribution in [3.8, 4) is 5.75 Å². The van der Waals surface area contributed by atoms with Crippen LogP contribution in [0.3, 0.4) is 0 Å². The fourth-order valence-electron chi connectivity index (χ4n) is 3.59. The summed E-state index contributed by atoms with van der Waals surface area (Å²) < 4.78 is 33.2. The van der Waals surface area contributed by atoms with Gasteiger partial charge in [0.05, 0.1) is 12.2 Å². The molecule has 2 heterocycles. The fraction of sp³-hybridized carbons (Fsp3) is 0.391. The van der Waals surface area contributed by atoms with E-state index in [0.717, 1.165) is 16.9 Å². The third kappa shape index (κ3) is 5.48. The number of hydrogen-bond donors (Lipinski definition) is 1. The fourth-order valence-corrected chi connectivity index (χ4v) is 3.59. The van der Waals surface area contributed by atoms with Crippen LogP contribution in [0, 0.1) is 11.6 Å². The summed E-state index contributed by atoms with van der Waals surface area (Å²) in [6.45, 7) is 0.0429. The minimum absolute atomic E-state index is 0.0640. The van der Waals surface area contributed by atoms with Gasteiger partial charge < -0.3 is 19.6 Å². The minimum atomic E-state index is -1.05. The standard InChI is InChI=1S/C23H26F2N4O6/c1-26(2)19(31)12-28-13-27(8-9-35-3)23(34)20-22(33)21(32)16(11-29(20)28)18(30)7-5-14-4-6-15(24)10-17(14)25/h4,6,10-11,33H,5,7-9,12-13H2,1-3H3. The summed E-state index contributed by atoms with van der Waals surface area (Å²) in [4.78, 5) is 53.7. The number of rotatable bonds is 9. The number of benzene rings is 1. The Balaban J connectivity index is 1.98. The first-order chi connectivity index (χ1) is 16.5. The van der Waals surface area contributed by atoms with Gasteiger partial charge in [-0.2, -0.15) is 0 Å². The van der Waals surface area contributed by atoms with E-state index in [-0.39, 0.29) is 56.4 Å². The predicted octanol–water partition coefficient (Wildman–Crippen LogP) is 0.734. The molecule has 0 saturated carbocycles. The summed E-state index contributed by atoms with van der Waals surface area (Å²) in [6.07, 6.45) is 0.690. The highest BCUT2D eigenvalue weighted by Gasteiger charge is 2.35. The van der Waals surface area contributed by atoms with Crippen molar-refractivity contribution >= 4 is 17.6 Å². The number of carbonyl (C=O) groups is 3. The summed E-state index contributed by atoms with van der Waals surface area (Å²) in [7, 11) is 4.55. The number of Topliss-reactive ketones (excluding diaryl/α,β-unsaturated/α-hetero) is 1. The Labute approximate surface area is 199 Å². The lowest BCUT2D eigenvalue weighted by atomic mass is 10.0. The quantitative estimate of drug-likeness (QED) is 0.514. The Morgan fingerprint density at radius 1 is 1.20 bits per heavy atom. The van der Waals surface area contributed by atoms with E-state index in [4.69, 9.17) is 4.74 Å². The van der Waals surface area contributed by atoms with Crippen molar-refractivity contribution in [2.45, 2.75) is 12.8 Å². The van der Waals surface area contributed by atoms with Crippen LogP contribution in [-0.4, -0.2) is 84.8 Å². The van der Waals surface area contributed by atoms with Crippen LogP contribution < -0.4 is 10.4 Å². The van der Waals surface area contributed by atoms with E-state index in [2.05, 4.69) is 0 Å². The summed E-state index contributed by atoms with van der Waals surface area (Å²) in [5.74, 6) is -4.21. The van der Waals surface area contributed by atoms with Gasteiger partial charge in [-0.15, -0.1) is 0 Å². The van der Waals surface area contributed by atoms with Gasteiger partial charge in [-0.3, -0.25) is 28.9 Å². The van der Waals surface area contributed by atoms with Gasteiger partial charge in [-0.1, -0.05) is 6.07 Å². The van der Waals surface area contributed by atoms with Crippen molar-refractivity contribution in [1.82, 2.24) is 14.5 Å². The van der Waals surface area contributed by atoms with Crippen LogP contribution in [0.15, 0.2) is 29.2 Å². The molecule has 2 aromatic rings. The Hall–Kier alpha value is -3.80. The van der Waals surface area contributed by atoms with Crippen LogP contribution in [0.2, 0.25) is 0 Å². The van der Waals surface area contributed by atoms with Crippen LogP contribution in [0.25, 0.3) is 0 Å². The van der Waals surface area contributed by atoms with Gasteiger partial charge in [0.25, 0.3) is 5.91 Å². The second kappa shape index (κ2) is 10.6. The van der Waals surface area contributed by atoms with Crippen molar-refractivity contribution in [3.05, 3.63) is 63.1 Å². The Bertz CT molecular complexity index is 1210. The monoisotopic (exact) mass is 492 g/mol. The lowest BCUT2D eigenvalue weighted by Gasteiger charge is -2.39. The lowest BCUT2D eigenvalue weighted by molar-refractivity contribution is -0.127. The number of aryl methyl sites for hydroxylation is 1. The van der Waals surface area contributed by atoms with Crippen molar-refractivity contribution in [1.29, 1.82) is 0 Å². The summed E-state index contributed by atoms with van der Waals surface area (Å²) in [5.41, 5.74) is -1.77. The number of amides is 2. The molecule has 0 unspecified atom stereocenters. The van der Waals surface area contributed by atoms with Gasteiger partial charge in [0, 0.05) is 46.4 Å². The highest BCUT2D eigenvalue weighted by molar-refractivity contribution is 6.00. The molecule has 0 radical (unpaired) electrons. The van der Waals surface area contributed by atoms with Crippen LogP contribution in [0.4, 0.5) is 8.78 Å². The molecule has 35 heavy (non-hydrogen) atoms. The van der Waals surface area contributed by atoms with Crippen LogP contribution in [-0.2, 0) is 16.0 Å². The molecule has 0 spiro atoms. The molecule has 188 valence electrons. The van der Waals surface area contributed by atoms with Gasteiger partial charge in [0.2, 0.25) is 11.3 Å². The molecule has 2 amide bonds. The van der Waals surface area contributed by atoms with Crippen molar-refractivity contribution in [2.75, 3.05) is 52.6 Å². The number of aromatic hydroxyl groups is 1. The highest BCUT2D eigenvalue weighted by atomic mass is 19.1. The maximum atomic E-state index is 13.9. The van der Waals surface area contributed by atoms with Gasteiger partial charge >= 0.3 is 0 Å². The Kier molecular flexibility index (Phi) is 7.85. The van der Waals surface area contributed by atoms with Crippen molar-refractivity contribution < 1.29 is 33.0 Å². The van der Waals surface area contributed by atoms with E-state index in [1.54, 1.807) is 14.1 Å². The van der Waals surface area contributed by atoms with Crippen molar-refractivity contribution in [3.63, 3.8) is 0 Å². The predicted molar refractivity (Wildman–Crippen MR) is 121 cm³/mol. The number of methoxy groups -OCH3 is 1. The zero-order chi connectivity index (χ0) is 25.9. The molecule has 1 aliphatic heterocycles. The number of ether oxygens (including phenoxy) is 1. The van der Waals surface area contributed by atoms with Crippen LogP contribution >= 0.6 is 0 Å². The smallest absolute Gasteiger partial charge is 0.277 e. The van der Waals surface area contributed by atoms with E-state index >= 15 is 0 Å². The normalized spacial score (nSPS) is 13.1. The topological polar surface area (TPSA) is 112 Å². The molecular formula is C23H26F2N4O6. The number of halogens is 2. The number of carbonyl (C=O) groups excluding carboxylic acids is 3. The molecular weight excluding hydrogens is 466 g/mol. The molecule has 3 rings (SSSR count). The first kappa shape index (κ1) is 25.8. The van der Waals surface area contributed by atoms with E-state index < -0.39 is 40.1 Å². The molecule has 12 heteroatoms. The second-order valence-electron chi connectivity index (χ2n) is 8.23. The number of nitrogens with zero attached hydrogens (tertiary/aromatic N) is 4. The van der Waals surface area contributed by atoms with Gasteiger partial charge in [-0.05, 0) is 18.1 Å². The summed E-state index contributed by atoms with van der Waals surface area (Å²) >= 11 is 0. The minimum Gasteiger partial charge on any atom is -0.502 e. The zero-order valence-corrected chi connectivity index (χ0v) is 19.6. The average Bonchev–Trinajstić information content (AvgIpc) is 2.80. The molecule has 1 N–H and O–H groups in total. The molecule has 0 saturated heterocycles. The largest absolute Gasteiger partial charge is 0.502 e. The highest BCUT2D eigenvalue weighted by Crippen LogP contribution is 2.22. The average molecular weight is 492 g/mol. The SMILES string of the molecule is COCCN1CN(CC(=O)N(C)C)n2cc(C(=O)CCc3ccc(F)cc3F)c(=O)c(O)c2C1=O. The van der Waals surface area contributed by atoms with Crippen molar-refractivity contribution in [2.24, 2.45) is 0 Å². The van der Waals surface area contributed by atoms with Crippen LogP contribution in [0.1, 0.15) is 32.8 Å². The number of fused-ring (bicyclic) bond motifs is 1. The van der Waals surface area contributed by atoms with E-state index in [1.807, 2.05) is 0 Å². The maximum Gasteiger partial charge on any atom is 0.277 e. The number of ketones is 1. The molecule has 0 atom stereocenters. The van der Waals surface area contributed by atoms with E-state index in [9.17, 15) is 33.1 Å². The molecule has 1 aliphatic rings. The summed E-state index contributed by atoms with van der Waals surface area (Å²) in [6, 6.07) is 2.96. The van der Waals surface area contributed by atoms with Gasteiger partial charge in [0.1, 0.15) is 24.8 Å². The molecule has 0 fully saturated rings. The first-order valence-corrected chi connectivity index (χ1v) is 10.7. The Morgan fingerprint density at radius 2 is 1.91 bits per heavy atom. The second-order valence-corrected chi connectivity index (χ2v) is 8.23. The lowest BCUT2D eigenvalue weighted by Crippen LogP contribution is -2.57. The van der Waals surface area contributed by atoms with E-state index in [0.29, 0.717) is 6.07 Å². The van der Waals surface area contributed by atoms with Gasteiger partial charge in [0.15, 0.2) is 17.2 Å². The number of hydrogen-bond acceptors (Lipinski definition) is 7. The van der Waals surface area contributed by atoms with E-state index in [1.165, 1.54) is 28.0 Å².